The molecule has 110 valence electrons. The second-order valence-electron chi connectivity index (χ2n) is 6.38. The number of aryl methyl sites for hydroxylation is 1. The summed E-state index contributed by atoms with van der Waals surface area (Å²) in [4.78, 5) is 9.86. The van der Waals surface area contributed by atoms with E-state index in [1.807, 2.05) is 13.0 Å². The summed E-state index contributed by atoms with van der Waals surface area (Å²) in [6.45, 7) is 5.99. The van der Waals surface area contributed by atoms with E-state index in [4.69, 9.17) is 16.1 Å². The first kappa shape index (κ1) is 13.1. The molecule has 2 bridgehead atoms. The van der Waals surface area contributed by atoms with Gasteiger partial charge in [-0.25, -0.2) is 4.98 Å². The molecular formula is C17H21N3O. The van der Waals surface area contributed by atoms with Crippen molar-refractivity contribution >= 4 is 5.82 Å². The van der Waals surface area contributed by atoms with Gasteiger partial charge in [0.15, 0.2) is 0 Å². The molecule has 3 saturated heterocycles. The summed E-state index contributed by atoms with van der Waals surface area (Å²) < 4.78 is 5.38. The van der Waals surface area contributed by atoms with Crippen LogP contribution in [-0.4, -0.2) is 54.3 Å². The fourth-order valence-electron chi connectivity index (χ4n) is 3.99. The van der Waals surface area contributed by atoms with Crippen molar-refractivity contribution in [1.82, 2.24) is 9.88 Å². The molecule has 3 fully saturated rings. The molecule has 0 aliphatic carbocycles. The molecule has 0 spiro atoms. The number of aromatic nitrogens is 1. The summed E-state index contributed by atoms with van der Waals surface area (Å²) in [5, 5.41) is 0. The summed E-state index contributed by atoms with van der Waals surface area (Å²) >= 11 is 0. The second kappa shape index (κ2) is 5.01. The Morgan fingerprint density at radius 3 is 2.43 bits per heavy atom. The minimum Gasteiger partial charge on any atom is -0.378 e. The normalized spacial score (nSPS) is 29.2. The molecule has 0 saturated carbocycles. The molecule has 21 heavy (non-hydrogen) atoms. The lowest BCUT2D eigenvalue weighted by molar-refractivity contribution is -0.0850. The Labute approximate surface area is 126 Å². The number of fused-ring (bicyclic) bond motifs is 2. The zero-order valence-corrected chi connectivity index (χ0v) is 12.5. The van der Waals surface area contributed by atoms with Crippen molar-refractivity contribution < 1.29 is 4.74 Å². The van der Waals surface area contributed by atoms with Gasteiger partial charge in [-0.1, -0.05) is 5.92 Å². The van der Waals surface area contributed by atoms with Crippen molar-refractivity contribution in [2.75, 3.05) is 31.2 Å². The highest BCUT2D eigenvalue weighted by Crippen LogP contribution is 2.35. The summed E-state index contributed by atoms with van der Waals surface area (Å²) in [7, 11) is 0. The van der Waals surface area contributed by atoms with E-state index in [0.29, 0.717) is 18.1 Å². The van der Waals surface area contributed by atoms with Gasteiger partial charge >= 0.3 is 0 Å². The molecule has 3 aliphatic rings. The maximum Gasteiger partial charge on any atom is 0.128 e. The lowest BCUT2D eigenvalue weighted by Crippen LogP contribution is -2.62. The van der Waals surface area contributed by atoms with Gasteiger partial charge in [0.1, 0.15) is 5.82 Å². The molecule has 2 unspecified atom stereocenters. The predicted octanol–water partition coefficient (Wildman–Crippen LogP) is 1.42. The number of anilines is 1. The Kier molecular flexibility index (Phi) is 3.13. The summed E-state index contributed by atoms with van der Waals surface area (Å²) in [6.07, 6.45) is 8.09. The fourth-order valence-corrected chi connectivity index (χ4v) is 3.99. The molecule has 2 atom stereocenters. The molecule has 4 heteroatoms. The number of pyridine rings is 1. The van der Waals surface area contributed by atoms with E-state index in [9.17, 15) is 0 Å². The van der Waals surface area contributed by atoms with Crippen molar-refractivity contribution in [2.45, 2.75) is 37.9 Å². The predicted molar refractivity (Wildman–Crippen MR) is 82.4 cm³/mol. The molecule has 1 aromatic rings. The molecule has 1 aromatic heterocycles. The van der Waals surface area contributed by atoms with Gasteiger partial charge in [0.25, 0.3) is 0 Å². The molecule has 0 radical (unpaired) electrons. The van der Waals surface area contributed by atoms with Gasteiger partial charge in [0.05, 0.1) is 24.9 Å². The molecule has 3 aliphatic heterocycles. The van der Waals surface area contributed by atoms with Crippen LogP contribution in [0, 0.1) is 19.3 Å². The van der Waals surface area contributed by atoms with Gasteiger partial charge in [0, 0.05) is 30.7 Å². The largest absolute Gasteiger partial charge is 0.378 e. The maximum atomic E-state index is 5.48. The summed E-state index contributed by atoms with van der Waals surface area (Å²) in [5.74, 6) is 3.77. The van der Waals surface area contributed by atoms with Gasteiger partial charge < -0.3 is 9.64 Å². The Balaban J connectivity index is 1.54. The van der Waals surface area contributed by atoms with Crippen molar-refractivity contribution in [1.29, 1.82) is 0 Å². The van der Waals surface area contributed by atoms with Gasteiger partial charge in [-0.3, -0.25) is 4.90 Å². The Morgan fingerprint density at radius 2 is 1.90 bits per heavy atom. The van der Waals surface area contributed by atoms with Gasteiger partial charge in [-0.05, 0) is 31.9 Å². The molecule has 0 amide bonds. The quantitative estimate of drug-likeness (QED) is 0.768. The minimum absolute atomic E-state index is 0.656. The Bertz CT molecular complexity index is 576. The molecular weight excluding hydrogens is 262 g/mol. The van der Waals surface area contributed by atoms with Crippen LogP contribution in [0.1, 0.15) is 24.1 Å². The summed E-state index contributed by atoms with van der Waals surface area (Å²) in [6, 6.07) is 6.07. The molecule has 4 nitrogen and oxygen atoms in total. The maximum absolute atomic E-state index is 5.48. The lowest BCUT2D eigenvalue weighted by Gasteiger charge is -2.48. The topological polar surface area (TPSA) is 28.6 Å². The highest BCUT2D eigenvalue weighted by atomic mass is 16.5. The smallest absolute Gasteiger partial charge is 0.128 e. The zero-order chi connectivity index (χ0) is 14.4. The SMILES string of the molecule is C#Cc1ccc(N2CC3CCC(C2)N3C2COC2)nc1C. The first-order valence-corrected chi connectivity index (χ1v) is 7.80. The first-order chi connectivity index (χ1) is 10.3. The number of hydrogen-bond donors (Lipinski definition) is 0. The fraction of sp³-hybridized carbons (Fsp3) is 0.588. The first-order valence-electron chi connectivity index (χ1n) is 7.80. The van der Waals surface area contributed by atoms with Crippen LogP contribution in [0.4, 0.5) is 5.82 Å². The number of rotatable bonds is 2. The van der Waals surface area contributed by atoms with E-state index in [0.717, 1.165) is 43.4 Å². The van der Waals surface area contributed by atoms with E-state index >= 15 is 0 Å². The minimum atomic E-state index is 0.656. The van der Waals surface area contributed by atoms with Crippen LogP contribution in [0.2, 0.25) is 0 Å². The van der Waals surface area contributed by atoms with Crippen molar-refractivity contribution in [3.05, 3.63) is 23.4 Å². The monoisotopic (exact) mass is 283 g/mol. The second-order valence-corrected chi connectivity index (χ2v) is 6.38. The number of ether oxygens (including phenoxy) is 1. The number of piperazine rings is 1. The molecule has 4 heterocycles. The number of nitrogens with zero attached hydrogens (tertiary/aromatic N) is 3. The Hall–Kier alpha value is -1.57. The third-order valence-corrected chi connectivity index (χ3v) is 5.13. The zero-order valence-electron chi connectivity index (χ0n) is 12.5. The molecule has 0 aromatic carbocycles. The van der Waals surface area contributed by atoms with E-state index in [1.165, 1.54) is 12.8 Å². The summed E-state index contributed by atoms with van der Waals surface area (Å²) in [5.41, 5.74) is 1.85. The van der Waals surface area contributed by atoms with Crippen molar-refractivity contribution in [2.24, 2.45) is 0 Å². The van der Waals surface area contributed by atoms with Crippen molar-refractivity contribution in [3.63, 3.8) is 0 Å². The Morgan fingerprint density at radius 1 is 1.19 bits per heavy atom. The van der Waals surface area contributed by atoms with Crippen molar-refractivity contribution in [3.8, 4) is 12.3 Å². The van der Waals surface area contributed by atoms with Crippen LogP contribution in [0.5, 0.6) is 0 Å². The van der Waals surface area contributed by atoms with Crippen LogP contribution >= 0.6 is 0 Å². The highest BCUT2D eigenvalue weighted by Gasteiger charge is 2.45. The van der Waals surface area contributed by atoms with Gasteiger partial charge in [-0.15, -0.1) is 6.42 Å². The van der Waals surface area contributed by atoms with E-state index in [2.05, 4.69) is 21.8 Å². The van der Waals surface area contributed by atoms with E-state index in [-0.39, 0.29) is 0 Å². The van der Waals surface area contributed by atoms with Crippen LogP contribution in [0.3, 0.4) is 0 Å². The highest BCUT2D eigenvalue weighted by molar-refractivity contribution is 5.47. The number of hydrogen-bond acceptors (Lipinski definition) is 4. The third-order valence-electron chi connectivity index (χ3n) is 5.13. The number of terminal acetylenes is 1. The van der Waals surface area contributed by atoms with Gasteiger partial charge in [0.2, 0.25) is 0 Å². The standard InChI is InChI=1S/C17H21N3O/c1-3-13-4-7-17(18-12(13)2)19-8-14-5-6-15(9-19)20(14)16-10-21-11-16/h1,4,7,14-16H,5-6,8-11H2,2H3. The third kappa shape index (κ3) is 2.12. The van der Waals surface area contributed by atoms with E-state index < -0.39 is 0 Å². The van der Waals surface area contributed by atoms with Gasteiger partial charge in [-0.2, -0.15) is 0 Å². The van der Waals surface area contributed by atoms with Crippen LogP contribution in [-0.2, 0) is 4.74 Å². The average Bonchev–Trinajstić information content (AvgIpc) is 2.69. The molecule has 4 rings (SSSR count). The van der Waals surface area contributed by atoms with Crippen LogP contribution in [0.15, 0.2) is 12.1 Å². The average molecular weight is 283 g/mol. The van der Waals surface area contributed by atoms with Crippen LogP contribution < -0.4 is 4.90 Å². The van der Waals surface area contributed by atoms with Crippen LogP contribution in [0.25, 0.3) is 0 Å². The lowest BCUT2D eigenvalue weighted by atomic mass is 10.1. The van der Waals surface area contributed by atoms with E-state index in [1.54, 1.807) is 0 Å². The molecule has 0 N–H and O–H groups in total.